The van der Waals surface area contributed by atoms with Crippen LogP contribution in [-0.4, -0.2) is 19.1 Å². The second kappa shape index (κ2) is 5.71. The molecule has 0 amide bonds. The van der Waals surface area contributed by atoms with E-state index < -0.39 is 0 Å². The molecule has 2 aromatic heterocycles. The summed E-state index contributed by atoms with van der Waals surface area (Å²) >= 11 is 5.35. The molecule has 0 bridgehead atoms. The maximum absolute atomic E-state index is 4.37. The summed E-state index contributed by atoms with van der Waals surface area (Å²) in [6.45, 7) is 2.94. The Bertz CT molecular complexity index is 517. The topological polar surface area (TPSA) is 28.2 Å². The fourth-order valence-electron chi connectivity index (χ4n) is 1.68. The van der Waals surface area contributed by atoms with Crippen molar-refractivity contribution in [2.24, 2.45) is 0 Å². The Balaban J connectivity index is 2.10. The van der Waals surface area contributed by atoms with Crippen LogP contribution in [0, 0.1) is 6.92 Å². The number of nitrogens with zero attached hydrogens (tertiary/aromatic N) is 2. The number of hydrogen-bond donors (Lipinski definition) is 1. The number of nitrogens with one attached hydrogen (secondary N) is 1. The molecule has 2 rings (SSSR count). The van der Waals surface area contributed by atoms with Gasteiger partial charge in [-0.3, -0.25) is 0 Å². The normalized spacial score (nSPS) is 10.4. The zero-order valence-corrected chi connectivity index (χ0v) is 13.1. The van der Waals surface area contributed by atoms with Crippen LogP contribution >= 0.6 is 27.3 Å². The second-order valence-corrected chi connectivity index (χ2v) is 6.43. The van der Waals surface area contributed by atoms with Crippen LogP contribution in [0.15, 0.2) is 28.9 Å². The van der Waals surface area contributed by atoms with Crippen molar-refractivity contribution in [3.05, 3.63) is 38.6 Å². The molecule has 0 radical (unpaired) electrons. The quantitative estimate of drug-likeness (QED) is 0.924. The SMILES string of the molecule is Cc1sc(CNc2cccnc2N(C)C)cc1Br. The molecule has 5 heteroatoms. The third-order valence-corrected chi connectivity index (χ3v) is 4.71. The van der Waals surface area contributed by atoms with Crippen molar-refractivity contribution in [2.45, 2.75) is 13.5 Å². The van der Waals surface area contributed by atoms with Gasteiger partial charge in [-0.05, 0) is 41.1 Å². The van der Waals surface area contributed by atoms with Crippen LogP contribution in [-0.2, 0) is 6.54 Å². The van der Waals surface area contributed by atoms with E-state index >= 15 is 0 Å². The zero-order chi connectivity index (χ0) is 13.1. The number of halogens is 1. The highest BCUT2D eigenvalue weighted by atomic mass is 79.9. The van der Waals surface area contributed by atoms with Gasteiger partial charge in [0.1, 0.15) is 0 Å². The third-order valence-electron chi connectivity index (χ3n) is 2.57. The van der Waals surface area contributed by atoms with E-state index in [-0.39, 0.29) is 0 Å². The molecule has 0 aromatic carbocycles. The summed E-state index contributed by atoms with van der Waals surface area (Å²) in [6.07, 6.45) is 1.81. The summed E-state index contributed by atoms with van der Waals surface area (Å²) in [5.74, 6) is 0.963. The minimum absolute atomic E-state index is 0.823. The Kier molecular flexibility index (Phi) is 4.24. The average Bonchev–Trinajstić information content (AvgIpc) is 2.66. The maximum Gasteiger partial charge on any atom is 0.151 e. The fourth-order valence-corrected chi connectivity index (χ4v) is 3.22. The third kappa shape index (κ3) is 3.03. The lowest BCUT2D eigenvalue weighted by atomic mass is 10.3. The van der Waals surface area contributed by atoms with E-state index in [9.17, 15) is 0 Å². The number of rotatable bonds is 4. The molecule has 0 unspecified atom stereocenters. The Hall–Kier alpha value is -1.07. The van der Waals surface area contributed by atoms with Gasteiger partial charge < -0.3 is 10.2 Å². The van der Waals surface area contributed by atoms with Crippen molar-refractivity contribution < 1.29 is 0 Å². The first-order valence-electron chi connectivity index (χ1n) is 5.69. The van der Waals surface area contributed by atoms with Gasteiger partial charge in [0.05, 0.1) is 5.69 Å². The summed E-state index contributed by atoms with van der Waals surface area (Å²) < 4.78 is 1.18. The molecule has 2 aromatic rings. The van der Waals surface area contributed by atoms with Gasteiger partial charge in [0, 0.05) is 41.1 Å². The van der Waals surface area contributed by atoms with Gasteiger partial charge in [-0.15, -0.1) is 11.3 Å². The Morgan fingerprint density at radius 3 is 2.83 bits per heavy atom. The van der Waals surface area contributed by atoms with Crippen LogP contribution in [0.5, 0.6) is 0 Å². The molecule has 1 N–H and O–H groups in total. The van der Waals surface area contributed by atoms with Gasteiger partial charge >= 0.3 is 0 Å². The van der Waals surface area contributed by atoms with Crippen LogP contribution in [0.3, 0.4) is 0 Å². The van der Waals surface area contributed by atoms with Crippen LogP contribution in [0.4, 0.5) is 11.5 Å². The molecule has 0 aliphatic heterocycles. The number of hydrogen-bond acceptors (Lipinski definition) is 4. The predicted molar refractivity (Wildman–Crippen MR) is 82.6 cm³/mol. The van der Waals surface area contributed by atoms with Gasteiger partial charge in [0.15, 0.2) is 5.82 Å². The predicted octanol–water partition coefficient (Wildman–Crippen LogP) is 3.89. The first kappa shape index (κ1) is 13.4. The molecule has 96 valence electrons. The van der Waals surface area contributed by atoms with E-state index in [0.29, 0.717) is 0 Å². The van der Waals surface area contributed by atoms with E-state index in [1.807, 2.05) is 31.3 Å². The van der Waals surface area contributed by atoms with Crippen molar-refractivity contribution in [1.82, 2.24) is 4.98 Å². The fraction of sp³-hybridized carbons (Fsp3) is 0.308. The maximum atomic E-state index is 4.37. The monoisotopic (exact) mass is 325 g/mol. The van der Waals surface area contributed by atoms with Crippen LogP contribution in [0.25, 0.3) is 0 Å². The number of aromatic nitrogens is 1. The Morgan fingerprint density at radius 1 is 1.44 bits per heavy atom. The molecular formula is C13H16BrN3S. The minimum atomic E-state index is 0.823. The number of aryl methyl sites for hydroxylation is 1. The minimum Gasteiger partial charge on any atom is -0.377 e. The first-order chi connectivity index (χ1) is 8.58. The summed E-state index contributed by atoms with van der Waals surface area (Å²) in [5, 5.41) is 3.44. The summed E-state index contributed by atoms with van der Waals surface area (Å²) in [4.78, 5) is 9.01. The van der Waals surface area contributed by atoms with Crippen molar-refractivity contribution in [2.75, 3.05) is 24.3 Å². The summed E-state index contributed by atoms with van der Waals surface area (Å²) in [6, 6.07) is 6.17. The average molecular weight is 326 g/mol. The van der Waals surface area contributed by atoms with Gasteiger partial charge in [-0.1, -0.05) is 0 Å². The molecule has 18 heavy (non-hydrogen) atoms. The van der Waals surface area contributed by atoms with E-state index in [0.717, 1.165) is 18.1 Å². The smallest absolute Gasteiger partial charge is 0.151 e. The van der Waals surface area contributed by atoms with E-state index in [1.165, 1.54) is 14.2 Å². The molecule has 0 saturated heterocycles. The van der Waals surface area contributed by atoms with Gasteiger partial charge in [-0.2, -0.15) is 0 Å². The summed E-state index contributed by atoms with van der Waals surface area (Å²) in [7, 11) is 4.00. The number of pyridine rings is 1. The number of anilines is 2. The molecule has 0 atom stereocenters. The van der Waals surface area contributed by atoms with Crippen LogP contribution in [0.2, 0.25) is 0 Å². The van der Waals surface area contributed by atoms with E-state index in [1.54, 1.807) is 11.3 Å². The van der Waals surface area contributed by atoms with Crippen LogP contribution < -0.4 is 10.2 Å². The highest BCUT2D eigenvalue weighted by molar-refractivity contribution is 9.10. The molecule has 0 saturated carbocycles. The highest BCUT2D eigenvalue weighted by Gasteiger charge is 2.06. The first-order valence-corrected chi connectivity index (χ1v) is 7.30. The highest BCUT2D eigenvalue weighted by Crippen LogP contribution is 2.28. The largest absolute Gasteiger partial charge is 0.377 e. The van der Waals surface area contributed by atoms with E-state index in [2.05, 4.69) is 45.3 Å². The molecule has 3 nitrogen and oxygen atoms in total. The van der Waals surface area contributed by atoms with Crippen molar-refractivity contribution >= 4 is 38.8 Å². The second-order valence-electron chi connectivity index (χ2n) is 4.24. The summed E-state index contributed by atoms with van der Waals surface area (Å²) in [5.41, 5.74) is 1.06. The lowest BCUT2D eigenvalue weighted by Crippen LogP contribution is -2.13. The Labute approximate surface area is 120 Å². The molecule has 0 spiro atoms. The molecule has 0 fully saturated rings. The molecule has 0 aliphatic rings. The van der Waals surface area contributed by atoms with Crippen molar-refractivity contribution in [3.63, 3.8) is 0 Å². The molecule has 2 heterocycles. The molecular weight excluding hydrogens is 310 g/mol. The van der Waals surface area contributed by atoms with Gasteiger partial charge in [0.2, 0.25) is 0 Å². The van der Waals surface area contributed by atoms with Crippen molar-refractivity contribution in [3.8, 4) is 0 Å². The standard InChI is InChI=1S/C13H16BrN3S/c1-9-11(14)7-10(18-9)8-16-12-5-4-6-15-13(12)17(2)3/h4-7,16H,8H2,1-3H3. The number of thiophene rings is 1. The van der Waals surface area contributed by atoms with Gasteiger partial charge in [0.25, 0.3) is 0 Å². The molecule has 0 aliphatic carbocycles. The van der Waals surface area contributed by atoms with E-state index in [4.69, 9.17) is 0 Å². The van der Waals surface area contributed by atoms with Crippen LogP contribution in [0.1, 0.15) is 9.75 Å². The Morgan fingerprint density at radius 2 is 2.22 bits per heavy atom. The lowest BCUT2D eigenvalue weighted by Gasteiger charge is -2.16. The lowest BCUT2D eigenvalue weighted by molar-refractivity contribution is 1.05. The van der Waals surface area contributed by atoms with Crippen molar-refractivity contribution in [1.29, 1.82) is 0 Å². The van der Waals surface area contributed by atoms with Gasteiger partial charge in [-0.25, -0.2) is 4.98 Å². The zero-order valence-electron chi connectivity index (χ0n) is 10.7.